The van der Waals surface area contributed by atoms with E-state index in [1.54, 1.807) is 45.1 Å². The Morgan fingerprint density at radius 1 is 1.26 bits per heavy atom. The van der Waals surface area contributed by atoms with Crippen LogP contribution in [0.15, 0.2) is 35.9 Å². The van der Waals surface area contributed by atoms with Gasteiger partial charge >= 0.3 is 5.97 Å². The summed E-state index contributed by atoms with van der Waals surface area (Å²) >= 11 is 0. The van der Waals surface area contributed by atoms with Crippen LogP contribution in [-0.4, -0.2) is 38.6 Å². The van der Waals surface area contributed by atoms with Crippen LogP contribution in [0.2, 0.25) is 0 Å². The lowest BCUT2D eigenvalue weighted by molar-refractivity contribution is -0.0359. The predicted octanol–water partition coefficient (Wildman–Crippen LogP) is 3.67. The maximum Gasteiger partial charge on any atom is 0.335 e. The molecule has 0 amide bonds. The molecule has 5 nitrogen and oxygen atoms in total. The summed E-state index contributed by atoms with van der Waals surface area (Å²) in [5.41, 5.74) is 0.918. The zero-order chi connectivity index (χ0) is 20.4. The first-order valence-electron chi connectivity index (χ1n) is 9.20. The number of fused-ring (bicyclic) bond motifs is 1. The molecule has 0 unspecified atom stereocenters. The molecule has 0 saturated heterocycles. The molecule has 5 heteroatoms. The number of aromatic carboxylic acids is 1. The number of hydrogen-bond donors (Lipinski definition) is 3. The summed E-state index contributed by atoms with van der Waals surface area (Å²) in [5, 5.41) is 30.1. The van der Waals surface area contributed by atoms with E-state index in [-0.39, 0.29) is 5.56 Å². The number of ether oxygens (including phenoxy) is 1. The van der Waals surface area contributed by atoms with Crippen LogP contribution in [0.4, 0.5) is 0 Å². The number of carbonyl (C=O) groups is 1. The van der Waals surface area contributed by atoms with Crippen molar-refractivity contribution in [1.29, 1.82) is 0 Å². The van der Waals surface area contributed by atoms with Crippen molar-refractivity contribution in [2.24, 2.45) is 0 Å². The molecule has 148 valence electrons. The molecule has 0 radical (unpaired) electrons. The van der Waals surface area contributed by atoms with Crippen LogP contribution in [0.1, 0.15) is 62.5 Å². The predicted molar refractivity (Wildman–Crippen MR) is 105 cm³/mol. The van der Waals surface area contributed by atoms with Gasteiger partial charge in [-0.1, -0.05) is 23.8 Å². The first kappa shape index (κ1) is 21.2. The van der Waals surface area contributed by atoms with Gasteiger partial charge in [-0.15, -0.1) is 0 Å². The molecule has 2 rings (SSSR count). The van der Waals surface area contributed by atoms with Gasteiger partial charge in [0.2, 0.25) is 0 Å². The van der Waals surface area contributed by atoms with Gasteiger partial charge in [0.15, 0.2) is 0 Å². The summed E-state index contributed by atoms with van der Waals surface area (Å²) in [7, 11) is 0. The highest BCUT2D eigenvalue weighted by atomic mass is 16.5. The van der Waals surface area contributed by atoms with Crippen LogP contribution in [0.25, 0.3) is 0 Å². The molecule has 1 heterocycles. The lowest BCUT2D eigenvalue weighted by Gasteiger charge is -2.28. The van der Waals surface area contributed by atoms with E-state index in [9.17, 15) is 20.1 Å². The number of carboxylic acid groups (broad SMARTS) is 1. The molecule has 1 aliphatic heterocycles. The number of aliphatic hydroxyl groups is 2. The van der Waals surface area contributed by atoms with Crippen LogP contribution >= 0.6 is 0 Å². The quantitative estimate of drug-likeness (QED) is 0.634. The van der Waals surface area contributed by atoms with E-state index < -0.39 is 23.3 Å². The second-order valence-corrected chi connectivity index (χ2v) is 8.34. The van der Waals surface area contributed by atoms with Gasteiger partial charge in [0, 0.05) is 6.42 Å². The SMILES string of the molecule is CC(C)=CCc1cc(C(=O)O)cc2c1O[C@H]([C@](C)(O)CC=CC(C)(C)O)C2. The van der Waals surface area contributed by atoms with Gasteiger partial charge in [-0.25, -0.2) is 4.79 Å². The van der Waals surface area contributed by atoms with Crippen LogP contribution in [-0.2, 0) is 12.8 Å². The number of benzene rings is 1. The molecule has 0 aromatic heterocycles. The summed E-state index contributed by atoms with van der Waals surface area (Å²) < 4.78 is 6.08. The Balaban J connectivity index is 2.28. The van der Waals surface area contributed by atoms with Crippen molar-refractivity contribution in [2.45, 2.75) is 71.2 Å². The van der Waals surface area contributed by atoms with Gasteiger partial charge < -0.3 is 20.1 Å². The van der Waals surface area contributed by atoms with Gasteiger partial charge in [-0.05, 0) is 70.7 Å². The summed E-state index contributed by atoms with van der Waals surface area (Å²) in [6.45, 7) is 9.02. The summed E-state index contributed by atoms with van der Waals surface area (Å²) in [4.78, 5) is 11.5. The lowest BCUT2D eigenvalue weighted by Crippen LogP contribution is -2.42. The van der Waals surface area contributed by atoms with Crippen molar-refractivity contribution >= 4 is 5.97 Å². The standard InChI is InChI=1S/C22H30O5/c1-14(2)7-8-15-11-17(20(23)24)12-16-13-18(27-19(15)16)22(5,26)10-6-9-21(3,4)25/h6-7,9,11-12,18,25-26H,8,10,13H2,1-5H3,(H,23,24)/t18-,22+/m0/s1. The molecular formula is C22H30O5. The van der Waals surface area contributed by atoms with Crippen LogP contribution in [0, 0.1) is 0 Å². The monoisotopic (exact) mass is 374 g/mol. The van der Waals surface area contributed by atoms with E-state index in [0.717, 1.165) is 16.7 Å². The third-order valence-electron chi connectivity index (χ3n) is 4.64. The van der Waals surface area contributed by atoms with Crippen LogP contribution in [0.5, 0.6) is 5.75 Å². The fourth-order valence-corrected chi connectivity index (χ4v) is 3.09. The summed E-state index contributed by atoms with van der Waals surface area (Å²) in [6, 6.07) is 3.28. The molecule has 1 aromatic carbocycles. The van der Waals surface area contributed by atoms with Crippen molar-refractivity contribution in [3.63, 3.8) is 0 Å². The van der Waals surface area contributed by atoms with E-state index in [2.05, 4.69) is 0 Å². The number of rotatable bonds is 7. The van der Waals surface area contributed by atoms with E-state index in [1.165, 1.54) is 0 Å². The summed E-state index contributed by atoms with van der Waals surface area (Å²) in [6.07, 6.45) is 6.30. The van der Waals surface area contributed by atoms with Crippen LogP contribution in [0.3, 0.4) is 0 Å². The van der Waals surface area contributed by atoms with Crippen molar-refractivity contribution < 1.29 is 24.9 Å². The molecule has 1 aliphatic rings. The Bertz CT molecular complexity index is 762. The minimum atomic E-state index is -1.14. The Kier molecular flexibility index (Phi) is 6.17. The molecule has 27 heavy (non-hydrogen) atoms. The van der Waals surface area contributed by atoms with Crippen molar-refractivity contribution in [3.05, 3.63) is 52.6 Å². The number of carboxylic acids is 1. The zero-order valence-corrected chi connectivity index (χ0v) is 16.7. The van der Waals surface area contributed by atoms with E-state index in [0.29, 0.717) is 25.0 Å². The van der Waals surface area contributed by atoms with E-state index >= 15 is 0 Å². The molecule has 0 bridgehead atoms. The Hall–Kier alpha value is -2.11. The Morgan fingerprint density at radius 3 is 2.48 bits per heavy atom. The third-order valence-corrected chi connectivity index (χ3v) is 4.64. The molecule has 3 N–H and O–H groups in total. The highest BCUT2D eigenvalue weighted by Crippen LogP contribution is 2.38. The van der Waals surface area contributed by atoms with Gasteiger partial charge in [0.05, 0.1) is 11.2 Å². The normalized spacial score (nSPS) is 18.7. The molecule has 1 aromatic rings. The Morgan fingerprint density at radius 2 is 1.93 bits per heavy atom. The van der Waals surface area contributed by atoms with E-state index in [1.807, 2.05) is 19.9 Å². The fourth-order valence-electron chi connectivity index (χ4n) is 3.09. The highest BCUT2D eigenvalue weighted by Gasteiger charge is 2.39. The first-order chi connectivity index (χ1) is 12.4. The third kappa shape index (κ3) is 5.68. The summed E-state index contributed by atoms with van der Waals surface area (Å²) in [5.74, 6) is -0.297. The highest BCUT2D eigenvalue weighted by molar-refractivity contribution is 5.88. The van der Waals surface area contributed by atoms with Gasteiger partial charge in [0.25, 0.3) is 0 Å². The topological polar surface area (TPSA) is 87.0 Å². The largest absolute Gasteiger partial charge is 0.486 e. The van der Waals surface area contributed by atoms with Gasteiger partial charge in [0.1, 0.15) is 17.5 Å². The second-order valence-electron chi connectivity index (χ2n) is 8.34. The van der Waals surface area contributed by atoms with Gasteiger partial charge in [-0.2, -0.15) is 0 Å². The molecule has 0 saturated carbocycles. The number of hydrogen-bond acceptors (Lipinski definition) is 4. The number of allylic oxidation sites excluding steroid dienone is 2. The average molecular weight is 374 g/mol. The zero-order valence-electron chi connectivity index (χ0n) is 16.7. The second kappa shape index (κ2) is 7.87. The molecule has 2 atom stereocenters. The maximum atomic E-state index is 11.5. The Labute approximate surface area is 161 Å². The van der Waals surface area contributed by atoms with E-state index in [4.69, 9.17) is 4.74 Å². The fraction of sp³-hybridized carbons (Fsp3) is 0.500. The lowest BCUT2D eigenvalue weighted by atomic mass is 9.90. The molecule has 0 fully saturated rings. The molecular weight excluding hydrogens is 344 g/mol. The molecule has 0 aliphatic carbocycles. The minimum absolute atomic E-state index is 0.233. The van der Waals surface area contributed by atoms with Crippen molar-refractivity contribution in [3.8, 4) is 5.75 Å². The van der Waals surface area contributed by atoms with Crippen LogP contribution < -0.4 is 4.74 Å². The first-order valence-corrected chi connectivity index (χ1v) is 9.20. The smallest absolute Gasteiger partial charge is 0.335 e. The average Bonchev–Trinajstić information content (AvgIpc) is 2.95. The van der Waals surface area contributed by atoms with Crippen molar-refractivity contribution in [1.82, 2.24) is 0 Å². The molecule has 0 spiro atoms. The minimum Gasteiger partial charge on any atom is -0.486 e. The maximum absolute atomic E-state index is 11.5. The van der Waals surface area contributed by atoms with Gasteiger partial charge in [-0.3, -0.25) is 0 Å². The van der Waals surface area contributed by atoms with Crippen molar-refractivity contribution in [2.75, 3.05) is 0 Å².